The molecule has 3 aromatic heterocycles. The zero-order chi connectivity index (χ0) is 37.8. The summed E-state index contributed by atoms with van der Waals surface area (Å²) >= 11 is 0. The van der Waals surface area contributed by atoms with E-state index in [-0.39, 0.29) is 29.2 Å². The standard InChI is InChI=1S/C41H51N5O7S/c1-29-25-45(54(50,51)22-12-8-6-4-3-5-7-11-19-46-40(48)33-13-9-10-14-34(33)41(46)49)21-20-44(29)26-31-23-35-38(53-31)36(27-43(2)39(35)47)32-17-18-42-24-37(32)52-28-30-15-16-30/h9-10,13-14,17-18,23-24,27,29-30H,3-8,11-12,15-16,19-22,25-26,28H2,1-2H3/t29-/m1/s1. The average molecular weight is 758 g/mol. The Kier molecular flexibility index (Phi) is 11.7. The molecule has 0 unspecified atom stereocenters. The van der Waals surface area contributed by atoms with Crippen LogP contribution in [-0.4, -0.2) is 88.5 Å². The number of hydrogen-bond acceptors (Lipinski definition) is 9. The Bertz CT molecular complexity index is 2120. The zero-order valence-corrected chi connectivity index (χ0v) is 32.2. The number of unbranched alkanes of at least 4 members (excludes halogenated alkanes) is 7. The third kappa shape index (κ3) is 8.48. The molecule has 1 saturated carbocycles. The van der Waals surface area contributed by atoms with Crippen molar-refractivity contribution in [3.8, 4) is 16.9 Å². The van der Waals surface area contributed by atoms with E-state index < -0.39 is 10.0 Å². The Labute approximate surface area is 317 Å². The normalized spacial score (nSPS) is 18.2. The van der Waals surface area contributed by atoms with Crippen LogP contribution in [0.25, 0.3) is 22.1 Å². The summed E-state index contributed by atoms with van der Waals surface area (Å²) in [6, 6.07) is 10.7. The lowest BCUT2D eigenvalue weighted by Crippen LogP contribution is -2.53. The van der Waals surface area contributed by atoms with Crippen molar-refractivity contribution in [2.75, 3.05) is 38.5 Å². The third-order valence-electron chi connectivity index (χ3n) is 11.0. The Balaban J connectivity index is 0.837. The van der Waals surface area contributed by atoms with Gasteiger partial charge in [0, 0.05) is 62.8 Å². The summed E-state index contributed by atoms with van der Waals surface area (Å²) in [5.74, 6) is 1.67. The minimum Gasteiger partial charge on any atom is -0.491 e. The van der Waals surface area contributed by atoms with Crippen LogP contribution < -0.4 is 10.3 Å². The molecule has 288 valence electrons. The first-order chi connectivity index (χ1) is 26.1. The minimum atomic E-state index is -3.37. The first-order valence-corrected chi connectivity index (χ1v) is 21.1. The Morgan fingerprint density at radius 1 is 0.870 bits per heavy atom. The van der Waals surface area contributed by atoms with E-state index in [9.17, 15) is 22.8 Å². The van der Waals surface area contributed by atoms with Gasteiger partial charge in [0.25, 0.3) is 17.4 Å². The molecule has 0 bridgehead atoms. The Hall–Kier alpha value is -4.33. The van der Waals surface area contributed by atoms with Gasteiger partial charge >= 0.3 is 0 Å². The van der Waals surface area contributed by atoms with Gasteiger partial charge in [0.05, 0.1) is 41.6 Å². The van der Waals surface area contributed by atoms with Crippen molar-refractivity contribution >= 4 is 32.8 Å². The van der Waals surface area contributed by atoms with Gasteiger partial charge < -0.3 is 13.7 Å². The number of piperazine rings is 1. The predicted octanol–water partition coefficient (Wildman–Crippen LogP) is 6.24. The lowest BCUT2D eigenvalue weighted by molar-refractivity contribution is 0.0651. The number of pyridine rings is 2. The molecule has 2 amide bonds. The summed E-state index contributed by atoms with van der Waals surface area (Å²) in [4.78, 5) is 46.0. The number of sulfonamides is 1. The van der Waals surface area contributed by atoms with Crippen molar-refractivity contribution in [3.05, 3.63) is 82.2 Å². The number of amides is 2. The smallest absolute Gasteiger partial charge is 0.261 e. The van der Waals surface area contributed by atoms with Crippen LogP contribution in [0.5, 0.6) is 5.75 Å². The molecule has 0 spiro atoms. The van der Waals surface area contributed by atoms with Crippen molar-refractivity contribution in [1.82, 2.24) is 23.7 Å². The molecule has 4 aromatic rings. The molecule has 1 aromatic carbocycles. The van der Waals surface area contributed by atoms with E-state index in [0.717, 1.165) is 56.1 Å². The number of imide groups is 1. The van der Waals surface area contributed by atoms with Crippen molar-refractivity contribution in [3.63, 3.8) is 0 Å². The topological polar surface area (TPSA) is 135 Å². The van der Waals surface area contributed by atoms with Crippen LogP contribution in [-0.2, 0) is 23.6 Å². The highest BCUT2D eigenvalue weighted by Gasteiger charge is 2.35. The van der Waals surface area contributed by atoms with Crippen LogP contribution in [0, 0.1) is 5.92 Å². The van der Waals surface area contributed by atoms with Crippen LogP contribution >= 0.6 is 0 Å². The molecule has 1 atom stereocenters. The number of benzene rings is 1. The number of fused-ring (bicyclic) bond motifs is 2. The third-order valence-corrected chi connectivity index (χ3v) is 13.0. The maximum atomic E-state index is 13.3. The highest BCUT2D eigenvalue weighted by atomic mass is 32.2. The Morgan fingerprint density at radius 3 is 2.24 bits per heavy atom. The van der Waals surface area contributed by atoms with Crippen molar-refractivity contribution in [2.24, 2.45) is 13.0 Å². The number of ether oxygens (including phenoxy) is 1. The second-order valence-corrected chi connectivity index (χ2v) is 17.3. The summed E-state index contributed by atoms with van der Waals surface area (Å²) in [5, 5.41) is 0.503. The summed E-state index contributed by atoms with van der Waals surface area (Å²) in [6.45, 7) is 4.99. The maximum Gasteiger partial charge on any atom is 0.261 e. The van der Waals surface area contributed by atoms with E-state index in [1.165, 1.54) is 17.7 Å². The molecule has 0 N–H and O–H groups in total. The monoisotopic (exact) mass is 757 g/mol. The van der Waals surface area contributed by atoms with Crippen LogP contribution in [0.3, 0.4) is 0 Å². The maximum absolute atomic E-state index is 13.3. The van der Waals surface area contributed by atoms with Crippen molar-refractivity contribution in [2.45, 2.75) is 83.7 Å². The van der Waals surface area contributed by atoms with Crippen LogP contribution in [0.4, 0.5) is 0 Å². The first-order valence-electron chi connectivity index (χ1n) is 19.5. The van der Waals surface area contributed by atoms with E-state index in [1.807, 2.05) is 19.1 Å². The molecule has 7 rings (SSSR count). The minimum absolute atomic E-state index is 0.0244. The zero-order valence-electron chi connectivity index (χ0n) is 31.4. The quantitative estimate of drug-likeness (QED) is 0.0855. The summed E-state index contributed by atoms with van der Waals surface area (Å²) in [6.07, 6.45) is 14.9. The molecule has 13 heteroatoms. The molecule has 3 aliphatic rings. The van der Waals surface area contributed by atoms with E-state index in [2.05, 4.69) is 9.88 Å². The Morgan fingerprint density at radius 2 is 1.56 bits per heavy atom. The number of carbonyl (C=O) groups is 2. The van der Waals surface area contributed by atoms with Crippen LogP contribution in [0.15, 0.2) is 64.2 Å². The molecule has 12 nitrogen and oxygen atoms in total. The molecule has 1 aliphatic carbocycles. The molecule has 54 heavy (non-hydrogen) atoms. The fourth-order valence-electron chi connectivity index (χ4n) is 7.62. The molecule has 2 aliphatic heterocycles. The van der Waals surface area contributed by atoms with E-state index >= 15 is 0 Å². The largest absolute Gasteiger partial charge is 0.491 e. The molecule has 5 heterocycles. The summed E-state index contributed by atoms with van der Waals surface area (Å²) in [7, 11) is -1.63. The van der Waals surface area contributed by atoms with Gasteiger partial charge in [0.1, 0.15) is 17.1 Å². The van der Waals surface area contributed by atoms with E-state index in [0.29, 0.717) is 85.3 Å². The lowest BCUT2D eigenvalue weighted by atomic mass is 10.1. The van der Waals surface area contributed by atoms with Crippen LogP contribution in [0.2, 0.25) is 0 Å². The SMILES string of the molecule is C[C@@H]1CN(S(=O)(=O)CCCCCCCCCCN2C(=O)c3ccccc3C2=O)CCN1Cc1cc2c(=O)n(C)cc(-c3ccncc3OCC3CC3)c2o1. The van der Waals surface area contributed by atoms with Gasteiger partial charge in [-0.05, 0) is 62.8 Å². The van der Waals surface area contributed by atoms with Gasteiger partial charge in [0.15, 0.2) is 0 Å². The summed E-state index contributed by atoms with van der Waals surface area (Å²) < 4.78 is 42.3. The number of furan rings is 1. The predicted molar refractivity (Wildman–Crippen MR) is 207 cm³/mol. The van der Waals surface area contributed by atoms with Gasteiger partial charge in [-0.3, -0.25) is 29.2 Å². The number of rotatable bonds is 18. The second-order valence-electron chi connectivity index (χ2n) is 15.2. The van der Waals surface area contributed by atoms with Crippen LogP contribution in [0.1, 0.15) is 97.6 Å². The second kappa shape index (κ2) is 16.6. The molecule has 1 saturated heterocycles. The molecular weight excluding hydrogens is 707 g/mol. The number of aryl methyl sites for hydroxylation is 1. The fraction of sp³-hybridized carbons (Fsp3) is 0.512. The van der Waals surface area contributed by atoms with Gasteiger partial charge in [0.2, 0.25) is 10.0 Å². The number of nitrogens with zero attached hydrogens (tertiary/aromatic N) is 5. The van der Waals surface area contributed by atoms with E-state index in [4.69, 9.17) is 9.15 Å². The lowest BCUT2D eigenvalue weighted by Gasteiger charge is -2.38. The molecule has 2 fully saturated rings. The fourth-order valence-corrected chi connectivity index (χ4v) is 9.25. The number of aromatic nitrogens is 2. The van der Waals surface area contributed by atoms with Crippen molar-refractivity contribution in [1.29, 1.82) is 0 Å². The number of hydrogen-bond donors (Lipinski definition) is 0. The summed E-state index contributed by atoms with van der Waals surface area (Å²) in [5.41, 5.74) is 2.97. The highest BCUT2D eigenvalue weighted by Crippen LogP contribution is 2.37. The highest BCUT2D eigenvalue weighted by molar-refractivity contribution is 7.89. The van der Waals surface area contributed by atoms with E-state index in [1.54, 1.807) is 58.8 Å². The number of carbonyl (C=O) groups excluding carboxylic acids is 2. The molecule has 0 radical (unpaired) electrons. The van der Waals surface area contributed by atoms with Gasteiger partial charge in [-0.25, -0.2) is 8.42 Å². The van der Waals surface area contributed by atoms with Gasteiger partial charge in [-0.15, -0.1) is 0 Å². The average Bonchev–Trinajstić information content (AvgIpc) is 3.86. The van der Waals surface area contributed by atoms with Gasteiger partial charge in [-0.1, -0.05) is 50.7 Å². The van der Waals surface area contributed by atoms with Gasteiger partial charge in [-0.2, -0.15) is 4.31 Å². The van der Waals surface area contributed by atoms with Crippen molar-refractivity contribution < 1.29 is 27.2 Å². The first kappa shape index (κ1) is 38.0. The molecular formula is C41H51N5O7S.